The molecule has 0 aromatic rings. The van der Waals surface area contributed by atoms with Gasteiger partial charge in [0.05, 0.1) is 6.61 Å². The van der Waals surface area contributed by atoms with Gasteiger partial charge < -0.3 is 21.4 Å². The molecule has 0 atom stereocenters. The van der Waals surface area contributed by atoms with Gasteiger partial charge in [0.1, 0.15) is 5.84 Å². The van der Waals surface area contributed by atoms with Crippen molar-refractivity contribution in [2.45, 2.75) is 45.1 Å². The minimum Gasteiger partial charge on any atom is -0.409 e. The van der Waals surface area contributed by atoms with E-state index in [-0.39, 0.29) is 18.0 Å². The number of nitrogens with zero attached hydrogens (tertiary/aromatic N) is 1. The monoisotopic (exact) mass is 217 g/mol. The fourth-order valence-electron chi connectivity index (χ4n) is 1.45. The van der Waals surface area contributed by atoms with Gasteiger partial charge in [0, 0.05) is 12.0 Å². The Labute approximate surface area is 91.4 Å². The van der Waals surface area contributed by atoms with E-state index in [1.54, 1.807) is 0 Å². The van der Waals surface area contributed by atoms with Gasteiger partial charge in [-0.3, -0.25) is 0 Å². The Morgan fingerprint density at radius 3 is 2.40 bits per heavy atom. The van der Waals surface area contributed by atoms with Crippen LogP contribution in [0.3, 0.4) is 0 Å². The van der Waals surface area contributed by atoms with Crippen LogP contribution in [0.25, 0.3) is 0 Å². The van der Waals surface area contributed by atoms with E-state index in [1.807, 2.05) is 0 Å². The van der Waals surface area contributed by atoms with E-state index in [2.05, 4.69) is 24.3 Å². The third-order valence-electron chi connectivity index (χ3n) is 2.89. The van der Waals surface area contributed by atoms with Gasteiger partial charge in [0.15, 0.2) is 0 Å². The van der Waals surface area contributed by atoms with Crippen LogP contribution < -0.4 is 11.1 Å². The summed E-state index contributed by atoms with van der Waals surface area (Å²) in [5.41, 5.74) is 5.17. The number of aliphatic hydroxyl groups excluding tert-OH is 1. The third kappa shape index (κ3) is 4.99. The molecular weight excluding hydrogens is 194 g/mol. The number of nitrogens with one attached hydrogen (secondary N) is 1. The largest absolute Gasteiger partial charge is 0.409 e. The number of rotatable bonds is 8. The normalized spacial score (nSPS) is 13.1. The first-order chi connectivity index (χ1) is 7.14. The molecule has 0 fully saturated rings. The molecule has 0 aliphatic rings. The van der Waals surface area contributed by atoms with Gasteiger partial charge in [-0.05, 0) is 25.8 Å². The molecular formula is C10H23N3O2. The third-order valence-corrected chi connectivity index (χ3v) is 2.89. The zero-order valence-corrected chi connectivity index (χ0v) is 9.66. The average Bonchev–Trinajstić information content (AvgIpc) is 2.30. The lowest BCUT2D eigenvalue weighted by Crippen LogP contribution is -2.48. The van der Waals surface area contributed by atoms with Crippen molar-refractivity contribution in [1.29, 1.82) is 0 Å². The molecule has 5 heteroatoms. The maximum Gasteiger partial charge on any atom is 0.139 e. The first-order valence-electron chi connectivity index (χ1n) is 5.46. The standard InChI is InChI=1S/C10H23N3O2/c1-3-10(4-2,8-14)12-7-5-6-9(11)13-15/h12,14-15H,3-8H2,1-2H3,(H2,11,13). The molecule has 0 unspecified atom stereocenters. The first-order valence-corrected chi connectivity index (χ1v) is 5.46. The lowest BCUT2D eigenvalue weighted by Gasteiger charge is -2.30. The minimum atomic E-state index is -0.175. The number of hydrogen-bond donors (Lipinski definition) is 4. The maximum absolute atomic E-state index is 9.28. The summed E-state index contributed by atoms with van der Waals surface area (Å²) >= 11 is 0. The Morgan fingerprint density at radius 1 is 1.40 bits per heavy atom. The molecule has 5 N–H and O–H groups in total. The molecule has 0 radical (unpaired) electrons. The Kier molecular flexibility index (Phi) is 7.07. The average molecular weight is 217 g/mol. The van der Waals surface area contributed by atoms with E-state index in [0.29, 0.717) is 6.42 Å². The number of amidine groups is 1. The summed E-state index contributed by atoms with van der Waals surface area (Å²) in [6, 6.07) is 0. The second-order valence-corrected chi connectivity index (χ2v) is 3.77. The fraction of sp³-hybridized carbons (Fsp3) is 0.900. The SMILES string of the molecule is CCC(CC)(CO)NCCCC(N)=NO. The fourth-order valence-corrected chi connectivity index (χ4v) is 1.45. The van der Waals surface area contributed by atoms with Crippen LogP contribution in [0.5, 0.6) is 0 Å². The molecule has 5 nitrogen and oxygen atoms in total. The summed E-state index contributed by atoms with van der Waals surface area (Å²) in [6.45, 7) is 5.01. The second kappa shape index (κ2) is 7.48. The van der Waals surface area contributed by atoms with Crippen LogP contribution in [0.4, 0.5) is 0 Å². The Hall–Kier alpha value is -0.810. The summed E-state index contributed by atoms with van der Waals surface area (Å²) in [4.78, 5) is 0. The smallest absolute Gasteiger partial charge is 0.139 e. The summed E-state index contributed by atoms with van der Waals surface area (Å²) in [7, 11) is 0. The van der Waals surface area contributed by atoms with E-state index in [1.165, 1.54) is 0 Å². The summed E-state index contributed by atoms with van der Waals surface area (Å²) in [6.07, 6.45) is 3.16. The Morgan fingerprint density at radius 2 is 2.00 bits per heavy atom. The highest BCUT2D eigenvalue weighted by molar-refractivity contribution is 5.79. The number of aliphatic hydroxyl groups is 1. The lowest BCUT2D eigenvalue weighted by atomic mass is 9.94. The highest BCUT2D eigenvalue weighted by atomic mass is 16.4. The number of oxime groups is 1. The molecule has 90 valence electrons. The number of hydrogen-bond acceptors (Lipinski definition) is 4. The van der Waals surface area contributed by atoms with Gasteiger partial charge in [-0.15, -0.1) is 0 Å². The van der Waals surface area contributed by atoms with E-state index >= 15 is 0 Å². The van der Waals surface area contributed by atoms with Crippen LogP contribution in [0.15, 0.2) is 5.16 Å². The summed E-state index contributed by atoms with van der Waals surface area (Å²) < 4.78 is 0. The maximum atomic E-state index is 9.28. The molecule has 0 aliphatic heterocycles. The van der Waals surface area contributed by atoms with Crippen molar-refractivity contribution in [2.24, 2.45) is 10.9 Å². The molecule has 0 aromatic heterocycles. The van der Waals surface area contributed by atoms with Crippen molar-refractivity contribution in [3.05, 3.63) is 0 Å². The molecule has 0 aromatic carbocycles. The van der Waals surface area contributed by atoms with Crippen molar-refractivity contribution in [3.8, 4) is 0 Å². The molecule has 0 saturated carbocycles. The highest BCUT2D eigenvalue weighted by Crippen LogP contribution is 2.13. The van der Waals surface area contributed by atoms with E-state index in [0.717, 1.165) is 25.8 Å². The van der Waals surface area contributed by atoms with E-state index < -0.39 is 0 Å². The van der Waals surface area contributed by atoms with Crippen LogP contribution >= 0.6 is 0 Å². The van der Waals surface area contributed by atoms with Crippen LogP contribution in [0.2, 0.25) is 0 Å². The lowest BCUT2D eigenvalue weighted by molar-refractivity contribution is 0.151. The van der Waals surface area contributed by atoms with Crippen molar-refractivity contribution in [3.63, 3.8) is 0 Å². The Bertz CT molecular complexity index is 183. The highest BCUT2D eigenvalue weighted by Gasteiger charge is 2.23. The molecule has 0 amide bonds. The molecule has 0 spiro atoms. The van der Waals surface area contributed by atoms with Crippen LogP contribution in [0.1, 0.15) is 39.5 Å². The first kappa shape index (κ1) is 14.2. The zero-order chi connectivity index (χ0) is 11.7. The topological polar surface area (TPSA) is 90.9 Å². The number of nitrogens with two attached hydrogens (primary N) is 1. The zero-order valence-electron chi connectivity index (χ0n) is 9.66. The molecule has 0 saturated heterocycles. The summed E-state index contributed by atoms with van der Waals surface area (Å²) in [5, 5.41) is 23.8. The van der Waals surface area contributed by atoms with Crippen LogP contribution in [0, 0.1) is 0 Å². The molecule has 15 heavy (non-hydrogen) atoms. The summed E-state index contributed by atoms with van der Waals surface area (Å²) in [5.74, 6) is 0.249. The molecule has 0 heterocycles. The van der Waals surface area contributed by atoms with Crippen molar-refractivity contribution < 1.29 is 10.3 Å². The van der Waals surface area contributed by atoms with Crippen LogP contribution in [-0.4, -0.2) is 34.8 Å². The van der Waals surface area contributed by atoms with Crippen molar-refractivity contribution in [1.82, 2.24) is 5.32 Å². The molecule has 0 aliphatic carbocycles. The van der Waals surface area contributed by atoms with Gasteiger partial charge in [-0.2, -0.15) is 0 Å². The van der Waals surface area contributed by atoms with E-state index in [4.69, 9.17) is 10.9 Å². The predicted octanol–water partition coefficient (Wildman–Crippen LogP) is 0.654. The van der Waals surface area contributed by atoms with Crippen LogP contribution in [-0.2, 0) is 0 Å². The molecule has 0 bridgehead atoms. The van der Waals surface area contributed by atoms with Gasteiger partial charge in [0.2, 0.25) is 0 Å². The van der Waals surface area contributed by atoms with Gasteiger partial charge in [0.25, 0.3) is 0 Å². The predicted molar refractivity (Wildman–Crippen MR) is 61.0 cm³/mol. The quantitative estimate of drug-likeness (QED) is 0.158. The van der Waals surface area contributed by atoms with Gasteiger partial charge in [-0.25, -0.2) is 0 Å². The second-order valence-electron chi connectivity index (χ2n) is 3.77. The molecule has 0 rings (SSSR count). The van der Waals surface area contributed by atoms with Gasteiger partial charge in [-0.1, -0.05) is 19.0 Å². The van der Waals surface area contributed by atoms with Crippen molar-refractivity contribution in [2.75, 3.05) is 13.2 Å². The van der Waals surface area contributed by atoms with Crippen molar-refractivity contribution >= 4 is 5.84 Å². The Balaban J connectivity index is 3.81. The van der Waals surface area contributed by atoms with E-state index in [9.17, 15) is 5.11 Å². The minimum absolute atomic E-state index is 0.142. The van der Waals surface area contributed by atoms with Gasteiger partial charge >= 0.3 is 0 Å².